The fraction of sp³-hybridized carbons (Fsp3) is 0.944. The Hall–Kier alpha value is -0.610. The second-order valence-corrected chi connectivity index (χ2v) is 7.81. The van der Waals surface area contributed by atoms with Crippen LogP contribution in [-0.4, -0.2) is 72.5 Å². The average Bonchev–Trinajstić information content (AvgIpc) is 3.03. The third-order valence-electron chi connectivity index (χ3n) is 6.08. The summed E-state index contributed by atoms with van der Waals surface area (Å²) in [5.41, 5.74) is 0. The molecule has 0 N–H and O–H groups in total. The summed E-state index contributed by atoms with van der Waals surface area (Å²) in [5.74, 6) is 1.97. The lowest BCUT2D eigenvalue weighted by Gasteiger charge is -2.30. The van der Waals surface area contributed by atoms with Crippen LogP contribution in [0.5, 0.6) is 0 Å². The molecule has 4 heteroatoms. The zero-order valence-corrected chi connectivity index (χ0v) is 14.5. The van der Waals surface area contributed by atoms with Gasteiger partial charge in [-0.3, -0.25) is 9.69 Å². The molecule has 0 bridgehead atoms. The minimum atomic E-state index is 0.240. The average molecular weight is 307 g/mol. The van der Waals surface area contributed by atoms with Crippen LogP contribution in [0.15, 0.2) is 0 Å². The number of nitrogens with zero attached hydrogens (tertiary/aromatic N) is 3. The second-order valence-electron chi connectivity index (χ2n) is 7.81. The molecule has 0 unspecified atom stereocenters. The lowest BCUT2D eigenvalue weighted by Crippen LogP contribution is -2.43. The van der Waals surface area contributed by atoms with Crippen LogP contribution in [-0.2, 0) is 4.79 Å². The molecule has 3 fully saturated rings. The van der Waals surface area contributed by atoms with Crippen molar-refractivity contribution >= 4 is 5.91 Å². The van der Waals surface area contributed by atoms with Gasteiger partial charge in [0.2, 0.25) is 5.91 Å². The number of rotatable bonds is 3. The first-order chi connectivity index (χ1) is 10.6. The molecule has 1 saturated carbocycles. The third kappa shape index (κ3) is 3.83. The van der Waals surface area contributed by atoms with E-state index in [1.807, 2.05) is 4.90 Å². The highest BCUT2D eigenvalue weighted by atomic mass is 16.2. The van der Waals surface area contributed by atoms with Gasteiger partial charge in [-0.2, -0.15) is 0 Å². The Labute approximate surface area is 135 Å². The molecule has 2 saturated heterocycles. The molecule has 1 amide bonds. The van der Waals surface area contributed by atoms with Gasteiger partial charge < -0.3 is 9.80 Å². The molecule has 2 heterocycles. The van der Waals surface area contributed by atoms with Crippen LogP contribution < -0.4 is 0 Å². The summed E-state index contributed by atoms with van der Waals surface area (Å²) in [5, 5.41) is 0. The highest BCUT2D eigenvalue weighted by Gasteiger charge is 2.35. The van der Waals surface area contributed by atoms with E-state index in [9.17, 15) is 4.79 Å². The lowest BCUT2D eigenvalue weighted by molar-refractivity contribution is -0.128. The fourth-order valence-electron chi connectivity index (χ4n) is 4.81. The molecule has 2 atom stereocenters. The van der Waals surface area contributed by atoms with Crippen LogP contribution in [0.1, 0.15) is 46.0 Å². The van der Waals surface area contributed by atoms with Crippen molar-refractivity contribution in [2.75, 3.05) is 45.8 Å². The van der Waals surface area contributed by atoms with Crippen LogP contribution in [0.2, 0.25) is 0 Å². The monoisotopic (exact) mass is 307 g/mol. The molecule has 126 valence electrons. The first-order valence-corrected chi connectivity index (χ1v) is 9.35. The minimum Gasteiger partial charge on any atom is -0.342 e. The Morgan fingerprint density at radius 2 is 1.77 bits per heavy atom. The Morgan fingerprint density at radius 3 is 2.50 bits per heavy atom. The Bertz CT molecular complexity index is 381. The van der Waals surface area contributed by atoms with Gasteiger partial charge >= 0.3 is 0 Å². The van der Waals surface area contributed by atoms with Gasteiger partial charge in [0.25, 0.3) is 0 Å². The molecule has 22 heavy (non-hydrogen) atoms. The zero-order chi connectivity index (χ0) is 15.5. The summed E-state index contributed by atoms with van der Waals surface area (Å²) in [7, 11) is 0. The molecule has 3 aliphatic rings. The van der Waals surface area contributed by atoms with Gasteiger partial charge in [0.1, 0.15) is 0 Å². The maximum Gasteiger partial charge on any atom is 0.219 e. The molecule has 2 aliphatic heterocycles. The Kier molecular flexibility index (Phi) is 5.40. The topological polar surface area (TPSA) is 26.8 Å². The van der Waals surface area contributed by atoms with Gasteiger partial charge in [-0.1, -0.05) is 19.8 Å². The summed E-state index contributed by atoms with van der Waals surface area (Å²) in [4.78, 5) is 19.0. The largest absolute Gasteiger partial charge is 0.342 e. The van der Waals surface area contributed by atoms with Crippen LogP contribution in [0.25, 0.3) is 0 Å². The highest BCUT2D eigenvalue weighted by molar-refractivity contribution is 5.73. The molecule has 4 nitrogen and oxygen atoms in total. The summed E-state index contributed by atoms with van der Waals surface area (Å²) < 4.78 is 0. The predicted octanol–water partition coefficient (Wildman–Crippen LogP) is 2.05. The molecule has 0 spiro atoms. The van der Waals surface area contributed by atoms with E-state index in [-0.39, 0.29) is 5.91 Å². The first-order valence-electron chi connectivity index (χ1n) is 9.35. The van der Waals surface area contributed by atoms with Crippen LogP contribution in [0, 0.1) is 11.8 Å². The van der Waals surface area contributed by atoms with Crippen molar-refractivity contribution in [3.8, 4) is 0 Å². The molecular formula is C18H33N3O. The van der Waals surface area contributed by atoms with Crippen LogP contribution >= 0.6 is 0 Å². The van der Waals surface area contributed by atoms with E-state index in [1.165, 1.54) is 45.3 Å². The smallest absolute Gasteiger partial charge is 0.219 e. The Balaban J connectivity index is 1.52. The highest BCUT2D eigenvalue weighted by Crippen LogP contribution is 2.29. The zero-order valence-electron chi connectivity index (χ0n) is 14.5. The quantitative estimate of drug-likeness (QED) is 0.798. The summed E-state index contributed by atoms with van der Waals surface area (Å²) >= 11 is 0. The van der Waals surface area contributed by atoms with Crippen molar-refractivity contribution in [2.45, 2.75) is 52.0 Å². The van der Waals surface area contributed by atoms with Crippen LogP contribution in [0.3, 0.4) is 0 Å². The van der Waals surface area contributed by atoms with Crippen molar-refractivity contribution in [2.24, 2.45) is 11.8 Å². The summed E-state index contributed by atoms with van der Waals surface area (Å²) in [6.07, 6.45) is 6.93. The molecular weight excluding hydrogens is 274 g/mol. The van der Waals surface area contributed by atoms with Gasteiger partial charge in [-0.15, -0.1) is 0 Å². The minimum absolute atomic E-state index is 0.240. The van der Waals surface area contributed by atoms with Crippen LogP contribution in [0.4, 0.5) is 0 Å². The van der Waals surface area contributed by atoms with Crippen molar-refractivity contribution in [1.29, 1.82) is 0 Å². The standard InChI is InChI=1S/C18H33N3O/c1-15-12-19(13-17-6-3-4-7-17)14-18(15)21-9-5-8-20(10-11-21)16(2)22/h15,17-18H,3-14H2,1-2H3/t15-,18+/m1/s1. The predicted molar refractivity (Wildman–Crippen MR) is 89.8 cm³/mol. The summed E-state index contributed by atoms with van der Waals surface area (Å²) in [6, 6.07) is 0.702. The van der Waals surface area contributed by atoms with E-state index >= 15 is 0 Å². The molecule has 1 aliphatic carbocycles. The number of hydrogen-bond acceptors (Lipinski definition) is 3. The molecule has 0 aromatic rings. The Morgan fingerprint density at radius 1 is 1.00 bits per heavy atom. The van der Waals surface area contributed by atoms with E-state index < -0.39 is 0 Å². The van der Waals surface area contributed by atoms with Gasteiger partial charge in [0.15, 0.2) is 0 Å². The van der Waals surface area contributed by atoms with Crippen molar-refractivity contribution in [3.05, 3.63) is 0 Å². The molecule has 0 aromatic carbocycles. The number of likely N-dealkylation sites (tertiary alicyclic amines) is 1. The van der Waals surface area contributed by atoms with Gasteiger partial charge in [0, 0.05) is 58.8 Å². The number of hydrogen-bond donors (Lipinski definition) is 0. The molecule has 0 radical (unpaired) electrons. The number of amides is 1. The van der Waals surface area contributed by atoms with E-state index in [0.29, 0.717) is 6.04 Å². The van der Waals surface area contributed by atoms with E-state index in [2.05, 4.69) is 16.7 Å². The maximum atomic E-state index is 11.6. The maximum absolute atomic E-state index is 11.6. The SMILES string of the molecule is CC(=O)N1CCCN([C@H]2CN(CC3CCCC3)C[C@H]2C)CC1. The van der Waals surface area contributed by atoms with E-state index in [4.69, 9.17) is 0 Å². The third-order valence-corrected chi connectivity index (χ3v) is 6.08. The van der Waals surface area contributed by atoms with E-state index in [0.717, 1.165) is 44.4 Å². The molecule has 3 rings (SSSR count). The van der Waals surface area contributed by atoms with Crippen molar-refractivity contribution in [1.82, 2.24) is 14.7 Å². The second kappa shape index (κ2) is 7.31. The number of carbonyl (C=O) groups is 1. The van der Waals surface area contributed by atoms with E-state index in [1.54, 1.807) is 6.92 Å². The summed E-state index contributed by atoms with van der Waals surface area (Å²) in [6.45, 7) is 12.1. The van der Waals surface area contributed by atoms with Crippen molar-refractivity contribution < 1.29 is 4.79 Å². The first kappa shape index (κ1) is 16.3. The normalized spacial score (nSPS) is 32.5. The fourth-order valence-corrected chi connectivity index (χ4v) is 4.81. The lowest BCUT2D eigenvalue weighted by atomic mass is 10.0. The van der Waals surface area contributed by atoms with Gasteiger partial charge in [0.05, 0.1) is 0 Å². The van der Waals surface area contributed by atoms with Crippen molar-refractivity contribution in [3.63, 3.8) is 0 Å². The van der Waals surface area contributed by atoms with Gasteiger partial charge in [-0.05, 0) is 31.1 Å². The van der Waals surface area contributed by atoms with Gasteiger partial charge in [-0.25, -0.2) is 0 Å². The molecule has 0 aromatic heterocycles. The number of carbonyl (C=O) groups excluding carboxylic acids is 1.